The van der Waals surface area contributed by atoms with Crippen molar-refractivity contribution in [1.29, 1.82) is 0 Å². The first-order valence-corrected chi connectivity index (χ1v) is 7.37. The van der Waals surface area contributed by atoms with Crippen LogP contribution in [0, 0.1) is 6.92 Å². The van der Waals surface area contributed by atoms with Crippen LogP contribution in [0.2, 0.25) is 0 Å². The lowest BCUT2D eigenvalue weighted by atomic mass is 10.2. The van der Waals surface area contributed by atoms with Crippen LogP contribution in [0.5, 0.6) is 0 Å². The first-order chi connectivity index (χ1) is 10.0. The van der Waals surface area contributed by atoms with E-state index in [0.717, 1.165) is 41.7 Å². The zero-order valence-corrected chi connectivity index (χ0v) is 13.5. The fourth-order valence-corrected chi connectivity index (χ4v) is 2.22. The molecule has 0 saturated carbocycles. The van der Waals surface area contributed by atoms with Crippen molar-refractivity contribution in [3.63, 3.8) is 0 Å². The van der Waals surface area contributed by atoms with Crippen LogP contribution in [-0.2, 0) is 6.54 Å². The number of rotatable bonds is 6. The Kier molecular flexibility index (Phi) is 4.83. The molecule has 0 aliphatic rings. The van der Waals surface area contributed by atoms with E-state index in [-0.39, 0.29) is 0 Å². The van der Waals surface area contributed by atoms with Crippen molar-refractivity contribution >= 4 is 11.6 Å². The molecule has 0 bridgehead atoms. The highest BCUT2D eigenvalue weighted by molar-refractivity contribution is 5.58. The normalized spacial score (nSPS) is 11.0. The Hall–Kier alpha value is -2.04. The summed E-state index contributed by atoms with van der Waals surface area (Å²) in [6.07, 6.45) is 3.46. The fourth-order valence-electron chi connectivity index (χ4n) is 2.22. The maximum absolute atomic E-state index is 5.13. The second kappa shape index (κ2) is 6.61. The Morgan fingerprint density at radius 1 is 1.33 bits per heavy atom. The zero-order valence-electron chi connectivity index (χ0n) is 13.5. The summed E-state index contributed by atoms with van der Waals surface area (Å²) in [5, 5.41) is 3.33. The van der Waals surface area contributed by atoms with Crippen LogP contribution in [-0.4, -0.2) is 23.6 Å². The van der Waals surface area contributed by atoms with Gasteiger partial charge >= 0.3 is 0 Å². The quantitative estimate of drug-likeness (QED) is 0.880. The fraction of sp³-hybridized carbons (Fsp3) is 0.500. The van der Waals surface area contributed by atoms with Gasteiger partial charge in [0.05, 0.1) is 12.5 Å². The van der Waals surface area contributed by atoms with Crippen LogP contribution in [0.15, 0.2) is 23.0 Å². The van der Waals surface area contributed by atoms with Crippen molar-refractivity contribution < 1.29 is 4.42 Å². The molecule has 114 valence electrons. The smallest absolute Gasteiger partial charge is 0.137 e. The molecule has 2 aromatic rings. The number of hydrogen-bond donors (Lipinski definition) is 1. The van der Waals surface area contributed by atoms with Crippen molar-refractivity contribution in [2.24, 2.45) is 0 Å². The van der Waals surface area contributed by atoms with E-state index in [9.17, 15) is 0 Å². The SMILES string of the molecule is CCNc1nc(C(C)C)nc(N(C)Cc2ccoc2)c1C. The van der Waals surface area contributed by atoms with Crippen molar-refractivity contribution in [2.45, 2.75) is 40.2 Å². The second-order valence-corrected chi connectivity index (χ2v) is 5.55. The Morgan fingerprint density at radius 3 is 2.67 bits per heavy atom. The maximum Gasteiger partial charge on any atom is 0.137 e. The predicted octanol–water partition coefficient (Wildman–Crippen LogP) is 3.57. The second-order valence-electron chi connectivity index (χ2n) is 5.55. The third kappa shape index (κ3) is 3.54. The van der Waals surface area contributed by atoms with Crippen LogP contribution < -0.4 is 10.2 Å². The molecule has 0 saturated heterocycles. The average Bonchev–Trinajstić information content (AvgIpc) is 2.93. The summed E-state index contributed by atoms with van der Waals surface area (Å²) in [5.74, 6) is 3.05. The summed E-state index contributed by atoms with van der Waals surface area (Å²) in [4.78, 5) is 11.5. The number of anilines is 2. The molecule has 0 fully saturated rings. The van der Waals surface area contributed by atoms with E-state index in [0.29, 0.717) is 5.92 Å². The van der Waals surface area contributed by atoms with Crippen LogP contribution in [0.4, 0.5) is 11.6 Å². The van der Waals surface area contributed by atoms with E-state index in [1.54, 1.807) is 12.5 Å². The van der Waals surface area contributed by atoms with E-state index in [4.69, 9.17) is 9.40 Å². The van der Waals surface area contributed by atoms with Crippen molar-refractivity contribution in [3.05, 3.63) is 35.5 Å². The Morgan fingerprint density at radius 2 is 2.10 bits per heavy atom. The van der Waals surface area contributed by atoms with Gasteiger partial charge in [0.15, 0.2) is 0 Å². The molecule has 0 unspecified atom stereocenters. The molecule has 0 amide bonds. The Bertz CT molecular complexity index is 578. The highest BCUT2D eigenvalue weighted by Crippen LogP contribution is 2.26. The predicted molar refractivity (Wildman–Crippen MR) is 85.8 cm³/mol. The van der Waals surface area contributed by atoms with Gasteiger partial charge in [0.25, 0.3) is 0 Å². The highest BCUT2D eigenvalue weighted by Gasteiger charge is 2.16. The summed E-state index contributed by atoms with van der Waals surface area (Å²) in [6.45, 7) is 9.97. The third-order valence-electron chi connectivity index (χ3n) is 3.36. The first-order valence-electron chi connectivity index (χ1n) is 7.37. The van der Waals surface area contributed by atoms with Gasteiger partial charge in [-0.25, -0.2) is 9.97 Å². The highest BCUT2D eigenvalue weighted by atomic mass is 16.3. The number of nitrogens with one attached hydrogen (secondary N) is 1. The van der Waals surface area contributed by atoms with Crippen LogP contribution in [0.1, 0.15) is 43.6 Å². The van der Waals surface area contributed by atoms with Crippen LogP contribution in [0.25, 0.3) is 0 Å². The molecule has 0 aliphatic carbocycles. The molecule has 0 atom stereocenters. The van der Waals surface area contributed by atoms with Gasteiger partial charge in [0.2, 0.25) is 0 Å². The maximum atomic E-state index is 5.13. The lowest BCUT2D eigenvalue weighted by Crippen LogP contribution is -2.21. The molecule has 5 nitrogen and oxygen atoms in total. The Labute approximate surface area is 126 Å². The average molecular weight is 288 g/mol. The number of furan rings is 1. The zero-order chi connectivity index (χ0) is 15.4. The summed E-state index contributed by atoms with van der Waals surface area (Å²) >= 11 is 0. The lowest BCUT2D eigenvalue weighted by molar-refractivity contribution is 0.563. The molecule has 1 N–H and O–H groups in total. The van der Waals surface area contributed by atoms with E-state index in [1.807, 2.05) is 13.1 Å². The van der Waals surface area contributed by atoms with Crippen molar-refractivity contribution in [3.8, 4) is 0 Å². The largest absolute Gasteiger partial charge is 0.472 e. The van der Waals surface area contributed by atoms with Crippen LogP contribution >= 0.6 is 0 Å². The first kappa shape index (κ1) is 15.4. The molecule has 0 spiro atoms. The standard InChI is InChI=1S/C16H24N4O/c1-6-17-15-12(4)16(19-14(18-15)11(2)3)20(5)9-13-7-8-21-10-13/h7-8,10-11H,6,9H2,1-5H3,(H,17,18,19). The van der Waals surface area contributed by atoms with Crippen LogP contribution in [0.3, 0.4) is 0 Å². The van der Waals surface area contributed by atoms with Gasteiger partial charge in [-0.05, 0) is 19.9 Å². The summed E-state index contributed by atoms with van der Waals surface area (Å²) in [6, 6.07) is 1.97. The summed E-state index contributed by atoms with van der Waals surface area (Å²) in [7, 11) is 2.04. The number of nitrogens with zero attached hydrogens (tertiary/aromatic N) is 3. The topological polar surface area (TPSA) is 54.2 Å². The van der Waals surface area contributed by atoms with Gasteiger partial charge in [-0.1, -0.05) is 13.8 Å². The Balaban J connectivity index is 2.35. The molecular formula is C16H24N4O. The minimum absolute atomic E-state index is 0.295. The molecule has 2 rings (SSSR count). The summed E-state index contributed by atoms with van der Waals surface area (Å²) in [5.41, 5.74) is 2.21. The molecular weight excluding hydrogens is 264 g/mol. The van der Waals surface area contributed by atoms with Gasteiger partial charge < -0.3 is 14.6 Å². The molecule has 0 aromatic carbocycles. The van der Waals surface area contributed by atoms with Gasteiger partial charge in [0, 0.05) is 37.2 Å². The molecule has 0 radical (unpaired) electrons. The molecule has 2 heterocycles. The molecule has 21 heavy (non-hydrogen) atoms. The minimum atomic E-state index is 0.295. The lowest BCUT2D eigenvalue weighted by Gasteiger charge is -2.22. The van der Waals surface area contributed by atoms with Gasteiger partial charge in [0.1, 0.15) is 17.5 Å². The molecule has 5 heteroatoms. The van der Waals surface area contributed by atoms with Gasteiger partial charge in [-0.15, -0.1) is 0 Å². The number of aromatic nitrogens is 2. The third-order valence-corrected chi connectivity index (χ3v) is 3.36. The van der Waals surface area contributed by atoms with Gasteiger partial charge in [-0.3, -0.25) is 0 Å². The van der Waals surface area contributed by atoms with Crippen molar-refractivity contribution in [2.75, 3.05) is 23.8 Å². The monoisotopic (exact) mass is 288 g/mol. The van der Waals surface area contributed by atoms with E-state index in [2.05, 4.69) is 42.9 Å². The molecule has 2 aromatic heterocycles. The van der Waals surface area contributed by atoms with Gasteiger partial charge in [-0.2, -0.15) is 0 Å². The van der Waals surface area contributed by atoms with E-state index in [1.165, 1.54) is 0 Å². The van der Waals surface area contributed by atoms with Crippen molar-refractivity contribution in [1.82, 2.24) is 9.97 Å². The minimum Gasteiger partial charge on any atom is -0.472 e. The van der Waals surface area contributed by atoms with E-state index < -0.39 is 0 Å². The summed E-state index contributed by atoms with van der Waals surface area (Å²) < 4.78 is 5.13. The van der Waals surface area contributed by atoms with E-state index >= 15 is 0 Å². The molecule has 0 aliphatic heterocycles. The number of hydrogen-bond acceptors (Lipinski definition) is 5.